The van der Waals surface area contributed by atoms with Crippen LogP contribution in [0.3, 0.4) is 0 Å². The van der Waals surface area contributed by atoms with Gasteiger partial charge < -0.3 is 10.6 Å². The number of anilines is 2. The lowest BCUT2D eigenvalue weighted by molar-refractivity contribution is 0.0945. The van der Waals surface area contributed by atoms with Gasteiger partial charge in [0.05, 0.1) is 0 Å². The number of halogens is 2. The van der Waals surface area contributed by atoms with Crippen molar-refractivity contribution in [1.29, 1.82) is 0 Å². The lowest BCUT2D eigenvalue weighted by atomic mass is 10.2. The van der Waals surface area contributed by atoms with E-state index in [1.54, 1.807) is 31.2 Å². The Bertz CT molecular complexity index is 929. The van der Waals surface area contributed by atoms with Crippen LogP contribution in [-0.2, 0) is 6.54 Å². The van der Waals surface area contributed by atoms with Gasteiger partial charge in [-0.2, -0.15) is 0 Å². The topological polar surface area (TPSA) is 66.9 Å². The predicted octanol–water partition coefficient (Wildman–Crippen LogP) is 4.77. The Kier molecular flexibility index (Phi) is 5.71. The molecule has 0 atom stereocenters. The van der Waals surface area contributed by atoms with Crippen molar-refractivity contribution in [2.45, 2.75) is 13.5 Å². The van der Waals surface area contributed by atoms with E-state index in [0.717, 1.165) is 11.3 Å². The highest BCUT2D eigenvalue weighted by atomic mass is 35.5. The number of nitrogens with zero attached hydrogens (tertiary/aromatic N) is 2. The number of hydrogen-bond donors (Lipinski definition) is 2. The van der Waals surface area contributed by atoms with E-state index in [1.807, 2.05) is 30.3 Å². The molecule has 7 heteroatoms. The van der Waals surface area contributed by atoms with Gasteiger partial charge in [0.1, 0.15) is 17.3 Å². The summed E-state index contributed by atoms with van der Waals surface area (Å²) in [4.78, 5) is 21.0. The minimum absolute atomic E-state index is 0.279. The van der Waals surface area contributed by atoms with E-state index < -0.39 is 0 Å². The fourth-order valence-electron chi connectivity index (χ4n) is 2.34. The first-order valence-electron chi connectivity index (χ1n) is 7.91. The number of amides is 1. The maximum atomic E-state index is 12.4. The molecule has 0 unspecified atom stereocenters. The van der Waals surface area contributed by atoms with Gasteiger partial charge in [-0.3, -0.25) is 4.79 Å². The minimum Gasteiger partial charge on any atom is -0.347 e. The predicted molar refractivity (Wildman–Crippen MR) is 104 cm³/mol. The summed E-state index contributed by atoms with van der Waals surface area (Å²) in [5, 5.41) is 7.22. The van der Waals surface area contributed by atoms with Crippen LogP contribution in [0.2, 0.25) is 10.0 Å². The highest BCUT2D eigenvalue weighted by Gasteiger charge is 2.11. The van der Waals surface area contributed by atoms with Crippen LogP contribution in [0.25, 0.3) is 0 Å². The van der Waals surface area contributed by atoms with Crippen LogP contribution in [0, 0.1) is 6.92 Å². The number of aromatic nitrogens is 2. The van der Waals surface area contributed by atoms with Crippen LogP contribution in [-0.4, -0.2) is 15.9 Å². The highest BCUT2D eigenvalue weighted by molar-refractivity contribution is 6.31. The lowest BCUT2D eigenvalue weighted by Crippen LogP contribution is -2.24. The van der Waals surface area contributed by atoms with Gasteiger partial charge in [0, 0.05) is 28.3 Å². The second kappa shape index (κ2) is 8.17. The normalized spacial score (nSPS) is 10.4. The van der Waals surface area contributed by atoms with Crippen molar-refractivity contribution >= 4 is 40.6 Å². The first-order chi connectivity index (χ1) is 12.5. The molecule has 1 heterocycles. The molecule has 3 aromatic rings. The largest absolute Gasteiger partial charge is 0.347 e. The third kappa shape index (κ3) is 4.71. The standard InChI is InChI=1S/C19H16Cl2N4O/c1-12-23-17(19(26)22-11-13-4-2-3-5-16(13)21)10-18(24-12)25-15-8-6-14(20)7-9-15/h2-10H,11H2,1H3,(H,22,26)(H,23,24,25). The van der Waals surface area contributed by atoms with Crippen molar-refractivity contribution in [1.82, 2.24) is 15.3 Å². The summed E-state index contributed by atoms with van der Waals surface area (Å²) in [7, 11) is 0. The van der Waals surface area contributed by atoms with Crippen molar-refractivity contribution in [3.8, 4) is 0 Å². The third-order valence-electron chi connectivity index (χ3n) is 3.58. The molecular formula is C19H16Cl2N4O. The first kappa shape index (κ1) is 18.2. The molecule has 0 aliphatic carbocycles. The lowest BCUT2D eigenvalue weighted by Gasteiger charge is -2.10. The van der Waals surface area contributed by atoms with Crippen LogP contribution in [0.1, 0.15) is 21.9 Å². The summed E-state index contributed by atoms with van der Waals surface area (Å²) in [6.45, 7) is 2.05. The van der Waals surface area contributed by atoms with Crippen molar-refractivity contribution in [3.05, 3.63) is 81.7 Å². The van der Waals surface area contributed by atoms with Crippen LogP contribution in [0.4, 0.5) is 11.5 Å². The van der Waals surface area contributed by atoms with E-state index in [4.69, 9.17) is 23.2 Å². The van der Waals surface area contributed by atoms with E-state index in [0.29, 0.717) is 28.2 Å². The molecule has 3 rings (SSSR count). The molecule has 0 saturated carbocycles. The number of carbonyl (C=O) groups excluding carboxylic acids is 1. The average Bonchev–Trinajstić information content (AvgIpc) is 2.62. The number of benzene rings is 2. The zero-order valence-electron chi connectivity index (χ0n) is 14.0. The molecule has 0 fully saturated rings. The quantitative estimate of drug-likeness (QED) is 0.662. The Hall–Kier alpha value is -2.63. The average molecular weight is 387 g/mol. The fourth-order valence-corrected chi connectivity index (χ4v) is 2.67. The Balaban J connectivity index is 1.73. The van der Waals surface area contributed by atoms with Crippen molar-refractivity contribution < 1.29 is 4.79 Å². The van der Waals surface area contributed by atoms with E-state index in [9.17, 15) is 4.79 Å². The Morgan fingerprint density at radius 1 is 1.04 bits per heavy atom. The zero-order chi connectivity index (χ0) is 18.5. The van der Waals surface area contributed by atoms with Crippen LogP contribution < -0.4 is 10.6 Å². The second-order valence-electron chi connectivity index (χ2n) is 5.59. The van der Waals surface area contributed by atoms with Gasteiger partial charge in [0.25, 0.3) is 5.91 Å². The summed E-state index contributed by atoms with van der Waals surface area (Å²) in [5.74, 6) is 0.726. The number of nitrogens with one attached hydrogen (secondary N) is 2. The number of carbonyl (C=O) groups is 1. The molecule has 2 N–H and O–H groups in total. The van der Waals surface area contributed by atoms with E-state index in [-0.39, 0.29) is 11.6 Å². The van der Waals surface area contributed by atoms with Crippen LogP contribution in [0.15, 0.2) is 54.6 Å². The van der Waals surface area contributed by atoms with Gasteiger partial charge in [-0.15, -0.1) is 0 Å². The number of hydrogen-bond acceptors (Lipinski definition) is 4. The smallest absolute Gasteiger partial charge is 0.270 e. The highest BCUT2D eigenvalue weighted by Crippen LogP contribution is 2.19. The number of rotatable bonds is 5. The molecule has 0 saturated heterocycles. The number of aryl methyl sites for hydroxylation is 1. The van der Waals surface area contributed by atoms with E-state index in [1.165, 1.54) is 0 Å². The van der Waals surface area contributed by atoms with Gasteiger partial charge >= 0.3 is 0 Å². The molecule has 1 amide bonds. The zero-order valence-corrected chi connectivity index (χ0v) is 15.5. The summed E-state index contributed by atoms with van der Waals surface area (Å²) in [6, 6.07) is 16.2. The molecule has 26 heavy (non-hydrogen) atoms. The summed E-state index contributed by atoms with van der Waals surface area (Å²) >= 11 is 12.0. The summed E-state index contributed by atoms with van der Waals surface area (Å²) < 4.78 is 0. The molecule has 2 aromatic carbocycles. The summed E-state index contributed by atoms with van der Waals surface area (Å²) in [6.07, 6.45) is 0. The van der Waals surface area contributed by atoms with Crippen molar-refractivity contribution in [2.75, 3.05) is 5.32 Å². The Morgan fingerprint density at radius 2 is 1.77 bits per heavy atom. The molecule has 1 aromatic heterocycles. The molecule has 0 radical (unpaired) electrons. The van der Waals surface area contributed by atoms with Crippen LogP contribution >= 0.6 is 23.2 Å². The molecule has 0 aliphatic rings. The summed E-state index contributed by atoms with van der Waals surface area (Å²) in [5.41, 5.74) is 1.93. The van der Waals surface area contributed by atoms with Crippen molar-refractivity contribution in [3.63, 3.8) is 0 Å². The molecular weight excluding hydrogens is 371 g/mol. The third-order valence-corrected chi connectivity index (χ3v) is 4.21. The fraction of sp³-hybridized carbons (Fsp3) is 0.105. The maximum Gasteiger partial charge on any atom is 0.270 e. The molecule has 0 aliphatic heterocycles. The van der Waals surface area contributed by atoms with Gasteiger partial charge in [-0.1, -0.05) is 41.4 Å². The SMILES string of the molecule is Cc1nc(Nc2ccc(Cl)cc2)cc(C(=O)NCc2ccccc2Cl)n1. The Morgan fingerprint density at radius 3 is 2.50 bits per heavy atom. The van der Waals surface area contributed by atoms with Gasteiger partial charge in [-0.25, -0.2) is 9.97 Å². The molecule has 5 nitrogen and oxygen atoms in total. The van der Waals surface area contributed by atoms with E-state index in [2.05, 4.69) is 20.6 Å². The van der Waals surface area contributed by atoms with Crippen molar-refractivity contribution in [2.24, 2.45) is 0 Å². The molecule has 0 spiro atoms. The van der Waals surface area contributed by atoms with Gasteiger partial charge in [-0.05, 0) is 42.8 Å². The maximum absolute atomic E-state index is 12.4. The Labute approximate surface area is 161 Å². The van der Waals surface area contributed by atoms with Gasteiger partial charge in [0.15, 0.2) is 0 Å². The monoisotopic (exact) mass is 386 g/mol. The second-order valence-corrected chi connectivity index (χ2v) is 6.44. The van der Waals surface area contributed by atoms with E-state index >= 15 is 0 Å². The van der Waals surface area contributed by atoms with Crippen LogP contribution in [0.5, 0.6) is 0 Å². The first-order valence-corrected chi connectivity index (χ1v) is 8.67. The molecule has 132 valence electrons. The molecule has 0 bridgehead atoms. The minimum atomic E-state index is -0.297. The van der Waals surface area contributed by atoms with Gasteiger partial charge in [0.2, 0.25) is 0 Å².